The number of rotatable bonds is 3. The lowest BCUT2D eigenvalue weighted by molar-refractivity contribution is -0.111. The molecule has 1 heterocycles. The summed E-state index contributed by atoms with van der Waals surface area (Å²) in [5.41, 5.74) is 1.42. The maximum atomic E-state index is 13.7. The molecule has 1 aliphatic rings. The van der Waals surface area contributed by atoms with Crippen molar-refractivity contribution in [1.82, 2.24) is 4.90 Å². The molecular formula is C20H21F3N2. The number of para-hydroxylation sites is 1. The minimum absolute atomic E-state index is 0.279. The smallest absolute Gasteiger partial charge is 0.368 e. The average molecular weight is 346 g/mol. The van der Waals surface area contributed by atoms with Gasteiger partial charge in [-0.1, -0.05) is 48.5 Å². The highest BCUT2D eigenvalue weighted by Gasteiger charge is 2.40. The van der Waals surface area contributed by atoms with Crippen molar-refractivity contribution in [2.24, 2.45) is 0 Å². The molecule has 0 unspecified atom stereocenters. The first-order valence-electron chi connectivity index (χ1n) is 8.35. The molecule has 2 nitrogen and oxygen atoms in total. The van der Waals surface area contributed by atoms with E-state index in [4.69, 9.17) is 0 Å². The van der Waals surface area contributed by atoms with Crippen LogP contribution in [0.15, 0.2) is 66.4 Å². The van der Waals surface area contributed by atoms with E-state index < -0.39 is 11.9 Å². The summed E-state index contributed by atoms with van der Waals surface area (Å²) in [5.74, 6) is 0. The summed E-state index contributed by atoms with van der Waals surface area (Å²) >= 11 is 0. The molecular weight excluding hydrogens is 325 g/mol. The predicted octanol–water partition coefficient (Wildman–Crippen LogP) is 4.80. The Morgan fingerprint density at radius 3 is 1.84 bits per heavy atom. The first-order valence-corrected chi connectivity index (χ1v) is 8.35. The van der Waals surface area contributed by atoms with E-state index in [2.05, 4.69) is 4.90 Å². The summed E-state index contributed by atoms with van der Waals surface area (Å²) < 4.78 is 41.2. The summed E-state index contributed by atoms with van der Waals surface area (Å²) in [6.45, 7) is 3.42. The molecule has 0 amide bonds. The lowest BCUT2D eigenvalue weighted by atomic mass is 10.0. The van der Waals surface area contributed by atoms with Crippen LogP contribution < -0.4 is 4.90 Å². The van der Waals surface area contributed by atoms with Gasteiger partial charge < -0.3 is 9.80 Å². The van der Waals surface area contributed by atoms with Gasteiger partial charge in [-0.15, -0.1) is 0 Å². The monoisotopic (exact) mass is 346 g/mol. The number of hydrogen-bond acceptors (Lipinski definition) is 2. The molecule has 1 saturated heterocycles. The summed E-state index contributed by atoms with van der Waals surface area (Å²) in [6, 6.07) is 18.6. The lowest BCUT2D eigenvalue weighted by Gasteiger charge is -2.39. The van der Waals surface area contributed by atoms with Gasteiger partial charge in [0.25, 0.3) is 0 Å². The first kappa shape index (κ1) is 17.4. The Bertz CT molecular complexity index is 716. The van der Waals surface area contributed by atoms with Gasteiger partial charge in [0.05, 0.1) is 0 Å². The van der Waals surface area contributed by atoms with Gasteiger partial charge in [0.1, 0.15) is 5.70 Å². The second-order valence-corrected chi connectivity index (χ2v) is 6.15. The highest BCUT2D eigenvalue weighted by molar-refractivity contribution is 5.67. The quantitative estimate of drug-likeness (QED) is 0.787. The maximum absolute atomic E-state index is 13.7. The van der Waals surface area contributed by atoms with Gasteiger partial charge in [-0.3, -0.25) is 0 Å². The lowest BCUT2D eigenvalue weighted by Crippen LogP contribution is -2.48. The average Bonchev–Trinajstić information content (AvgIpc) is 2.63. The fourth-order valence-electron chi connectivity index (χ4n) is 3.28. The molecule has 132 valence electrons. The SMILES string of the molecule is C/C(=C(/N1CCN(c2ccccc2)CC1)C(F)(F)F)c1ccccc1. The largest absolute Gasteiger partial charge is 0.431 e. The van der Waals surface area contributed by atoms with E-state index >= 15 is 0 Å². The fourth-order valence-corrected chi connectivity index (χ4v) is 3.28. The van der Waals surface area contributed by atoms with Crippen molar-refractivity contribution in [3.05, 3.63) is 71.9 Å². The first-order chi connectivity index (χ1) is 12.0. The number of nitrogens with zero attached hydrogens (tertiary/aromatic N) is 2. The zero-order chi connectivity index (χ0) is 17.9. The Hall–Kier alpha value is -2.43. The van der Waals surface area contributed by atoms with Gasteiger partial charge in [-0.25, -0.2) is 0 Å². The molecule has 0 aromatic heterocycles. The second kappa shape index (κ2) is 7.21. The summed E-state index contributed by atoms with van der Waals surface area (Å²) in [6.07, 6.45) is -4.37. The Kier molecular flexibility index (Phi) is 5.02. The van der Waals surface area contributed by atoms with Crippen molar-refractivity contribution in [2.75, 3.05) is 31.1 Å². The van der Waals surface area contributed by atoms with Crippen LogP contribution in [0.25, 0.3) is 5.57 Å². The summed E-state index contributed by atoms with van der Waals surface area (Å²) in [4.78, 5) is 3.60. The molecule has 0 saturated carbocycles. The number of hydrogen-bond donors (Lipinski definition) is 0. The molecule has 1 aliphatic heterocycles. The molecule has 1 fully saturated rings. The van der Waals surface area contributed by atoms with E-state index in [1.165, 1.54) is 4.90 Å². The van der Waals surface area contributed by atoms with Crippen LogP contribution in [0.5, 0.6) is 0 Å². The van der Waals surface area contributed by atoms with Gasteiger partial charge in [0.2, 0.25) is 0 Å². The predicted molar refractivity (Wildman–Crippen MR) is 95.3 cm³/mol. The topological polar surface area (TPSA) is 6.48 Å². The number of benzene rings is 2. The molecule has 0 N–H and O–H groups in total. The highest BCUT2D eigenvalue weighted by atomic mass is 19.4. The number of alkyl halides is 3. The third kappa shape index (κ3) is 3.98. The van der Waals surface area contributed by atoms with Crippen LogP contribution in [0, 0.1) is 0 Å². The molecule has 0 bridgehead atoms. The van der Waals surface area contributed by atoms with E-state index in [0.717, 1.165) is 5.69 Å². The molecule has 5 heteroatoms. The van der Waals surface area contributed by atoms with Crippen molar-refractivity contribution in [3.8, 4) is 0 Å². The Balaban J connectivity index is 1.83. The van der Waals surface area contributed by atoms with Crippen molar-refractivity contribution < 1.29 is 13.2 Å². The van der Waals surface area contributed by atoms with Crippen LogP contribution in [-0.4, -0.2) is 37.3 Å². The Labute approximate surface area is 146 Å². The summed E-state index contributed by atoms with van der Waals surface area (Å²) in [7, 11) is 0. The van der Waals surface area contributed by atoms with Crippen LogP contribution in [0.1, 0.15) is 12.5 Å². The molecule has 25 heavy (non-hydrogen) atoms. The van der Waals surface area contributed by atoms with Gasteiger partial charge >= 0.3 is 6.18 Å². The number of piperazine rings is 1. The van der Waals surface area contributed by atoms with Gasteiger partial charge in [-0.2, -0.15) is 13.2 Å². The third-order valence-corrected chi connectivity index (χ3v) is 4.55. The standard InChI is InChI=1S/C20H21F3N2/c1-16(17-8-4-2-5-9-17)19(20(21,22)23)25-14-12-24(13-15-25)18-10-6-3-7-11-18/h2-11H,12-15H2,1H3/b19-16-. The van der Waals surface area contributed by atoms with E-state index in [1.807, 2.05) is 36.4 Å². The Morgan fingerprint density at radius 1 is 0.800 bits per heavy atom. The normalized spacial score (nSPS) is 16.6. The van der Waals surface area contributed by atoms with Crippen molar-refractivity contribution >= 4 is 11.3 Å². The van der Waals surface area contributed by atoms with Crippen LogP contribution in [0.3, 0.4) is 0 Å². The Morgan fingerprint density at radius 2 is 1.32 bits per heavy atom. The number of halogens is 3. The van der Waals surface area contributed by atoms with E-state index in [0.29, 0.717) is 31.7 Å². The number of anilines is 1. The van der Waals surface area contributed by atoms with Gasteiger partial charge in [0, 0.05) is 31.9 Å². The van der Waals surface area contributed by atoms with Gasteiger partial charge in [0.15, 0.2) is 0 Å². The highest BCUT2D eigenvalue weighted by Crippen LogP contribution is 2.35. The zero-order valence-electron chi connectivity index (χ0n) is 14.1. The van der Waals surface area contributed by atoms with Crippen molar-refractivity contribution in [2.45, 2.75) is 13.1 Å². The summed E-state index contributed by atoms with van der Waals surface area (Å²) in [5, 5.41) is 0. The van der Waals surface area contributed by atoms with Crippen LogP contribution in [0.4, 0.5) is 18.9 Å². The fraction of sp³-hybridized carbons (Fsp3) is 0.300. The molecule has 0 radical (unpaired) electrons. The van der Waals surface area contributed by atoms with E-state index in [9.17, 15) is 13.2 Å². The molecule has 3 rings (SSSR count). The molecule has 0 atom stereocenters. The third-order valence-electron chi connectivity index (χ3n) is 4.55. The van der Waals surface area contributed by atoms with Crippen LogP contribution >= 0.6 is 0 Å². The van der Waals surface area contributed by atoms with Crippen LogP contribution in [-0.2, 0) is 0 Å². The van der Waals surface area contributed by atoms with Gasteiger partial charge in [-0.05, 0) is 30.2 Å². The number of allylic oxidation sites excluding steroid dienone is 2. The second-order valence-electron chi connectivity index (χ2n) is 6.15. The molecule has 0 spiro atoms. The van der Waals surface area contributed by atoms with Crippen molar-refractivity contribution in [3.63, 3.8) is 0 Å². The maximum Gasteiger partial charge on any atom is 0.431 e. The van der Waals surface area contributed by atoms with Crippen LogP contribution in [0.2, 0.25) is 0 Å². The van der Waals surface area contributed by atoms with E-state index in [1.54, 1.807) is 31.2 Å². The zero-order valence-corrected chi connectivity index (χ0v) is 14.1. The van der Waals surface area contributed by atoms with E-state index in [-0.39, 0.29) is 5.57 Å². The minimum Gasteiger partial charge on any atom is -0.368 e. The molecule has 2 aromatic rings. The minimum atomic E-state index is -4.37. The molecule has 0 aliphatic carbocycles. The van der Waals surface area contributed by atoms with Crippen molar-refractivity contribution in [1.29, 1.82) is 0 Å². The molecule has 2 aromatic carbocycles.